The van der Waals surface area contributed by atoms with Gasteiger partial charge in [-0.1, -0.05) is 224 Å². The van der Waals surface area contributed by atoms with Crippen LogP contribution in [0.2, 0.25) is 0 Å². The van der Waals surface area contributed by atoms with E-state index in [1.54, 1.807) is 0 Å². The lowest BCUT2D eigenvalue weighted by Crippen LogP contribution is -2.30. The fraction of sp³-hybridized carbons (Fsp3) is 0.830. The molecule has 0 aromatic carbocycles. The van der Waals surface area contributed by atoms with E-state index < -0.39 is 6.10 Å². The predicted molar refractivity (Wildman–Crippen MR) is 252 cm³/mol. The van der Waals surface area contributed by atoms with Crippen molar-refractivity contribution in [2.75, 3.05) is 13.2 Å². The van der Waals surface area contributed by atoms with Crippen LogP contribution in [0.3, 0.4) is 0 Å². The number of ether oxygens (including phenoxy) is 3. The van der Waals surface area contributed by atoms with Gasteiger partial charge in [-0.2, -0.15) is 0 Å². The summed E-state index contributed by atoms with van der Waals surface area (Å²) in [5, 5.41) is 0. The van der Waals surface area contributed by atoms with Crippen LogP contribution in [-0.2, 0) is 28.6 Å². The number of hydrogen-bond donors (Lipinski definition) is 0. The van der Waals surface area contributed by atoms with Crippen LogP contribution in [-0.4, -0.2) is 37.2 Å². The van der Waals surface area contributed by atoms with E-state index in [4.69, 9.17) is 14.2 Å². The quantitative estimate of drug-likeness (QED) is 0.0263. The Morgan fingerprint density at radius 2 is 0.610 bits per heavy atom. The second kappa shape index (κ2) is 48.3. The van der Waals surface area contributed by atoms with Gasteiger partial charge < -0.3 is 14.2 Å². The van der Waals surface area contributed by atoms with E-state index in [1.165, 1.54) is 141 Å². The van der Waals surface area contributed by atoms with Crippen molar-refractivity contribution in [3.8, 4) is 0 Å². The third-order valence-electron chi connectivity index (χ3n) is 11.1. The van der Waals surface area contributed by atoms with Crippen molar-refractivity contribution in [2.24, 2.45) is 0 Å². The highest BCUT2D eigenvalue weighted by atomic mass is 16.6. The lowest BCUT2D eigenvalue weighted by molar-refractivity contribution is -0.167. The van der Waals surface area contributed by atoms with E-state index in [-0.39, 0.29) is 31.1 Å². The molecule has 1 unspecified atom stereocenters. The van der Waals surface area contributed by atoms with Gasteiger partial charge in [0.25, 0.3) is 0 Å². The van der Waals surface area contributed by atoms with Crippen molar-refractivity contribution < 1.29 is 28.6 Å². The zero-order valence-corrected chi connectivity index (χ0v) is 39.3. The summed E-state index contributed by atoms with van der Waals surface area (Å²) in [7, 11) is 0. The van der Waals surface area contributed by atoms with Gasteiger partial charge in [-0.25, -0.2) is 0 Å². The Balaban J connectivity index is 4.17. The maximum absolute atomic E-state index is 12.7. The molecule has 59 heavy (non-hydrogen) atoms. The second-order valence-corrected chi connectivity index (χ2v) is 17.1. The minimum atomic E-state index is -0.770. The van der Waals surface area contributed by atoms with Crippen molar-refractivity contribution in [3.05, 3.63) is 36.5 Å². The minimum absolute atomic E-state index is 0.0748. The van der Waals surface area contributed by atoms with Crippen LogP contribution in [0.1, 0.15) is 265 Å². The molecular formula is C53H96O6. The fourth-order valence-electron chi connectivity index (χ4n) is 7.27. The smallest absolute Gasteiger partial charge is 0.306 e. The summed E-state index contributed by atoms with van der Waals surface area (Å²) in [5.41, 5.74) is 0. The van der Waals surface area contributed by atoms with E-state index >= 15 is 0 Å². The van der Waals surface area contributed by atoms with Gasteiger partial charge in [0.1, 0.15) is 13.2 Å². The molecule has 0 aromatic rings. The Morgan fingerprint density at radius 3 is 0.983 bits per heavy atom. The molecule has 6 heteroatoms. The highest BCUT2D eigenvalue weighted by molar-refractivity contribution is 5.71. The van der Waals surface area contributed by atoms with Gasteiger partial charge in [0.2, 0.25) is 0 Å². The average Bonchev–Trinajstić information content (AvgIpc) is 3.23. The first-order valence-corrected chi connectivity index (χ1v) is 25.5. The molecule has 344 valence electrons. The number of rotatable bonds is 46. The highest BCUT2D eigenvalue weighted by Gasteiger charge is 2.19. The highest BCUT2D eigenvalue weighted by Crippen LogP contribution is 2.16. The number of carbonyl (C=O) groups is 3. The van der Waals surface area contributed by atoms with Crippen LogP contribution in [0.4, 0.5) is 0 Å². The van der Waals surface area contributed by atoms with E-state index in [2.05, 4.69) is 57.2 Å². The molecule has 0 rings (SSSR count). The van der Waals surface area contributed by atoms with Gasteiger partial charge in [0.05, 0.1) is 0 Å². The van der Waals surface area contributed by atoms with E-state index in [9.17, 15) is 14.4 Å². The molecule has 0 fully saturated rings. The van der Waals surface area contributed by atoms with Crippen molar-refractivity contribution in [2.45, 2.75) is 271 Å². The SMILES string of the molecule is CCCCC/C=C\C/C=C\C/C=C\CCCCCCCCC(=O)OCC(COC(=O)CCCCCCC)OC(=O)CCCCCCCCCCCCCCCCCCC. The van der Waals surface area contributed by atoms with Crippen LogP contribution in [0.5, 0.6) is 0 Å². The van der Waals surface area contributed by atoms with Crippen LogP contribution < -0.4 is 0 Å². The summed E-state index contributed by atoms with van der Waals surface area (Å²) in [5.74, 6) is -0.891. The summed E-state index contributed by atoms with van der Waals surface area (Å²) < 4.78 is 16.7. The van der Waals surface area contributed by atoms with Crippen LogP contribution >= 0.6 is 0 Å². The number of allylic oxidation sites excluding steroid dienone is 6. The molecule has 0 aliphatic carbocycles. The van der Waals surface area contributed by atoms with E-state index in [0.717, 1.165) is 83.5 Å². The van der Waals surface area contributed by atoms with Gasteiger partial charge in [0.15, 0.2) is 6.10 Å². The topological polar surface area (TPSA) is 78.9 Å². The first kappa shape index (κ1) is 56.6. The Hall–Kier alpha value is -2.37. The molecule has 0 saturated heterocycles. The lowest BCUT2D eigenvalue weighted by Gasteiger charge is -2.18. The fourth-order valence-corrected chi connectivity index (χ4v) is 7.27. The molecule has 0 aliphatic heterocycles. The zero-order chi connectivity index (χ0) is 43.0. The number of esters is 3. The maximum Gasteiger partial charge on any atom is 0.306 e. The molecule has 0 amide bonds. The Kier molecular flexibility index (Phi) is 46.4. The van der Waals surface area contributed by atoms with E-state index in [1.807, 2.05) is 0 Å². The molecule has 6 nitrogen and oxygen atoms in total. The van der Waals surface area contributed by atoms with Crippen molar-refractivity contribution in [3.63, 3.8) is 0 Å². The first-order chi connectivity index (χ1) is 29.0. The zero-order valence-electron chi connectivity index (χ0n) is 39.3. The predicted octanol–water partition coefficient (Wildman–Crippen LogP) is 16.5. The first-order valence-electron chi connectivity index (χ1n) is 25.5. The standard InChI is InChI=1S/C53H96O6/c1-4-7-10-13-15-17-19-21-23-25-26-28-29-31-33-35-37-40-43-46-52(55)58-49-50(48-57-51(54)45-42-39-12-9-6-3)59-53(56)47-44-41-38-36-34-32-30-27-24-22-20-18-16-14-11-8-5-2/h15,17,21,23,26,28,50H,4-14,16,18-20,22,24-25,27,29-49H2,1-3H3/b17-15-,23-21-,28-26-. The Morgan fingerprint density at radius 1 is 0.339 bits per heavy atom. The number of unbranched alkanes of at least 4 members (excludes halogenated alkanes) is 29. The van der Waals surface area contributed by atoms with Crippen molar-refractivity contribution >= 4 is 17.9 Å². The lowest BCUT2D eigenvalue weighted by atomic mass is 10.0. The molecule has 0 spiro atoms. The van der Waals surface area contributed by atoms with Crippen molar-refractivity contribution in [1.82, 2.24) is 0 Å². The Bertz CT molecular complexity index is 1000. The van der Waals surface area contributed by atoms with E-state index in [0.29, 0.717) is 19.3 Å². The van der Waals surface area contributed by atoms with Gasteiger partial charge >= 0.3 is 17.9 Å². The summed E-state index contributed by atoms with van der Waals surface area (Å²) in [6.07, 6.45) is 55.9. The molecule has 0 radical (unpaired) electrons. The monoisotopic (exact) mass is 829 g/mol. The van der Waals surface area contributed by atoms with Gasteiger partial charge in [-0.15, -0.1) is 0 Å². The normalized spacial score (nSPS) is 12.3. The average molecular weight is 829 g/mol. The van der Waals surface area contributed by atoms with Crippen molar-refractivity contribution in [1.29, 1.82) is 0 Å². The van der Waals surface area contributed by atoms with Gasteiger partial charge in [-0.3, -0.25) is 14.4 Å². The maximum atomic E-state index is 12.7. The third-order valence-corrected chi connectivity index (χ3v) is 11.1. The number of hydrogen-bond acceptors (Lipinski definition) is 6. The van der Waals surface area contributed by atoms with Gasteiger partial charge in [0, 0.05) is 19.3 Å². The van der Waals surface area contributed by atoms with Gasteiger partial charge in [-0.05, 0) is 57.8 Å². The van der Waals surface area contributed by atoms with Crippen LogP contribution in [0.15, 0.2) is 36.5 Å². The largest absolute Gasteiger partial charge is 0.462 e. The minimum Gasteiger partial charge on any atom is -0.462 e. The van der Waals surface area contributed by atoms with Crippen LogP contribution in [0.25, 0.3) is 0 Å². The third kappa shape index (κ3) is 46.5. The summed E-state index contributed by atoms with van der Waals surface area (Å²) in [6.45, 7) is 6.54. The molecule has 0 heterocycles. The molecular weight excluding hydrogens is 733 g/mol. The number of carbonyl (C=O) groups excluding carboxylic acids is 3. The molecule has 0 aromatic heterocycles. The molecule has 1 atom stereocenters. The second-order valence-electron chi connectivity index (χ2n) is 17.1. The summed E-state index contributed by atoms with van der Waals surface area (Å²) in [4.78, 5) is 37.6. The Labute approximate surface area is 365 Å². The molecule has 0 saturated carbocycles. The summed E-state index contributed by atoms with van der Waals surface area (Å²) in [6, 6.07) is 0. The molecule has 0 bridgehead atoms. The summed E-state index contributed by atoms with van der Waals surface area (Å²) >= 11 is 0. The molecule has 0 N–H and O–H groups in total. The molecule has 0 aliphatic rings. The van der Waals surface area contributed by atoms with Crippen LogP contribution in [0, 0.1) is 0 Å².